The van der Waals surface area contributed by atoms with E-state index in [9.17, 15) is 22.4 Å². The number of nitrogens with two attached hydrogens (primary N) is 1. The van der Waals surface area contributed by atoms with Crippen LogP contribution in [0.25, 0.3) is 16.6 Å². The van der Waals surface area contributed by atoms with Crippen LogP contribution in [0.15, 0.2) is 12.1 Å². The lowest BCUT2D eigenvalue weighted by Crippen LogP contribution is -2.48. The highest BCUT2D eigenvalue weighted by Crippen LogP contribution is 2.33. The molecule has 2 aliphatic rings. The Morgan fingerprint density at radius 1 is 1.19 bits per heavy atom. The molecule has 36 heavy (non-hydrogen) atoms. The van der Waals surface area contributed by atoms with Crippen LogP contribution in [0.2, 0.25) is 0 Å². The van der Waals surface area contributed by atoms with Crippen molar-refractivity contribution in [2.24, 2.45) is 5.92 Å². The van der Waals surface area contributed by atoms with Gasteiger partial charge in [0.25, 0.3) is 0 Å². The van der Waals surface area contributed by atoms with E-state index in [0.29, 0.717) is 41.8 Å². The zero-order chi connectivity index (χ0) is 25.8. The van der Waals surface area contributed by atoms with Gasteiger partial charge in [-0.2, -0.15) is 17.7 Å². The molecule has 1 amide bonds. The van der Waals surface area contributed by atoms with Crippen molar-refractivity contribution in [1.29, 1.82) is 0 Å². The lowest BCUT2D eigenvalue weighted by molar-refractivity contribution is -0.146. The van der Waals surface area contributed by atoms with Crippen LogP contribution >= 0.6 is 0 Å². The summed E-state index contributed by atoms with van der Waals surface area (Å²) in [6.07, 6.45) is -2.46. The number of carbonyl (C=O) groups excluding carboxylic acids is 1. The molecule has 0 saturated carbocycles. The second-order valence-corrected chi connectivity index (χ2v) is 9.63. The van der Waals surface area contributed by atoms with Crippen LogP contribution in [0.3, 0.4) is 0 Å². The van der Waals surface area contributed by atoms with Crippen molar-refractivity contribution in [2.45, 2.75) is 44.3 Å². The predicted molar refractivity (Wildman–Crippen MR) is 123 cm³/mol. The number of likely N-dealkylation sites (tertiary alicyclic amines) is 2. The average Bonchev–Trinajstić information content (AvgIpc) is 3.46. The molecule has 0 radical (unpaired) electrons. The number of methoxy groups -OCH3 is 1. The van der Waals surface area contributed by atoms with Crippen LogP contribution in [0.4, 0.5) is 23.5 Å². The first-order chi connectivity index (χ1) is 17.0. The summed E-state index contributed by atoms with van der Waals surface area (Å²) in [7, 11) is 1.36. The number of hydrogen-bond acceptors (Lipinski definition) is 7. The minimum absolute atomic E-state index is 0.0367. The fraction of sp³-hybridized carbons (Fsp3) is 0.565. The SMILES string of the molecule is COc1cc2nc(N)n3nc([C@@H]4CC[C@H](C)N(C(=O)[C@@H]5CCN(CC(F)(F)F)C5)C4)nc3c2cc1F. The summed E-state index contributed by atoms with van der Waals surface area (Å²) in [6.45, 7) is 1.63. The van der Waals surface area contributed by atoms with Gasteiger partial charge in [-0.1, -0.05) is 0 Å². The third kappa shape index (κ3) is 4.51. The molecular weight excluding hydrogens is 482 g/mol. The molecule has 2 fully saturated rings. The molecule has 3 atom stereocenters. The number of alkyl halides is 3. The number of anilines is 1. The second-order valence-electron chi connectivity index (χ2n) is 9.63. The van der Waals surface area contributed by atoms with Gasteiger partial charge in [0.2, 0.25) is 11.9 Å². The van der Waals surface area contributed by atoms with Gasteiger partial charge in [-0.3, -0.25) is 9.69 Å². The average molecular weight is 510 g/mol. The van der Waals surface area contributed by atoms with Gasteiger partial charge in [0.05, 0.1) is 25.1 Å². The van der Waals surface area contributed by atoms with Crippen LogP contribution in [-0.2, 0) is 4.79 Å². The Kier molecular flexibility index (Phi) is 6.13. The number of benzene rings is 1. The molecule has 0 spiro atoms. The monoisotopic (exact) mass is 509 g/mol. The molecule has 194 valence electrons. The number of halogens is 4. The number of nitrogen functional groups attached to an aromatic ring is 1. The van der Waals surface area contributed by atoms with E-state index in [1.807, 2.05) is 6.92 Å². The molecule has 0 bridgehead atoms. The number of hydrogen-bond donors (Lipinski definition) is 1. The van der Waals surface area contributed by atoms with Gasteiger partial charge in [-0.05, 0) is 38.8 Å². The third-order valence-corrected chi connectivity index (χ3v) is 7.14. The number of fused-ring (bicyclic) bond motifs is 3. The maximum absolute atomic E-state index is 14.4. The standard InChI is InChI=1S/C23H27F4N7O2/c1-12-3-4-13(10-33(12)21(35)14-5-6-32(9-14)11-23(25,26)27)19-30-20-15-7-16(24)18(36-2)8-17(15)29-22(28)34(20)31-19/h7-8,12-14H,3-6,9-11H2,1-2H3,(H2,28,29)/t12-,13+,14+/m0/s1. The Morgan fingerprint density at radius 3 is 2.69 bits per heavy atom. The van der Waals surface area contributed by atoms with Crippen LogP contribution in [0, 0.1) is 11.7 Å². The summed E-state index contributed by atoms with van der Waals surface area (Å²) in [4.78, 5) is 25.3. The molecule has 0 unspecified atom stereocenters. The van der Waals surface area contributed by atoms with Gasteiger partial charge in [0, 0.05) is 36.5 Å². The van der Waals surface area contributed by atoms with Crippen molar-refractivity contribution in [1.82, 2.24) is 29.4 Å². The first-order valence-corrected chi connectivity index (χ1v) is 11.8. The number of carbonyl (C=O) groups is 1. The van der Waals surface area contributed by atoms with Crippen LogP contribution < -0.4 is 10.5 Å². The normalized spacial score (nSPS) is 23.6. The van der Waals surface area contributed by atoms with E-state index < -0.39 is 24.5 Å². The Bertz CT molecular complexity index is 1310. The summed E-state index contributed by atoms with van der Waals surface area (Å²) >= 11 is 0. The molecule has 2 saturated heterocycles. The Labute approximate surface area is 204 Å². The fourth-order valence-electron chi connectivity index (χ4n) is 5.27. The van der Waals surface area contributed by atoms with Gasteiger partial charge < -0.3 is 15.4 Å². The van der Waals surface area contributed by atoms with E-state index in [2.05, 4.69) is 15.1 Å². The molecule has 5 rings (SSSR count). The number of ether oxygens (including phenoxy) is 1. The van der Waals surface area contributed by atoms with Gasteiger partial charge in [-0.25, -0.2) is 14.4 Å². The highest BCUT2D eigenvalue weighted by atomic mass is 19.4. The summed E-state index contributed by atoms with van der Waals surface area (Å²) in [5.41, 5.74) is 6.86. The number of aromatic nitrogens is 4. The van der Waals surface area contributed by atoms with E-state index in [-0.39, 0.29) is 42.7 Å². The van der Waals surface area contributed by atoms with Gasteiger partial charge >= 0.3 is 6.18 Å². The zero-order valence-corrected chi connectivity index (χ0v) is 19.9. The highest BCUT2D eigenvalue weighted by molar-refractivity contribution is 5.93. The van der Waals surface area contributed by atoms with E-state index in [0.717, 1.165) is 6.42 Å². The van der Waals surface area contributed by atoms with Gasteiger partial charge in [0.1, 0.15) is 0 Å². The highest BCUT2D eigenvalue weighted by Gasteiger charge is 2.40. The van der Waals surface area contributed by atoms with E-state index in [1.165, 1.54) is 28.7 Å². The van der Waals surface area contributed by atoms with Crippen molar-refractivity contribution in [3.05, 3.63) is 23.8 Å². The zero-order valence-electron chi connectivity index (χ0n) is 19.9. The van der Waals surface area contributed by atoms with Crippen molar-refractivity contribution in [2.75, 3.05) is 39.0 Å². The minimum Gasteiger partial charge on any atom is -0.494 e. The van der Waals surface area contributed by atoms with Crippen LogP contribution in [0.1, 0.15) is 37.9 Å². The summed E-state index contributed by atoms with van der Waals surface area (Å²) in [5, 5.41) is 4.95. The Balaban J connectivity index is 1.39. The number of amides is 1. The molecule has 9 nitrogen and oxygen atoms in total. The lowest BCUT2D eigenvalue weighted by Gasteiger charge is -2.38. The van der Waals surface area contributed by atoms with Crippen molar-refractivity contribution < 1.29 is 27.1 Å². The first kappa shape index (κ1) is 24.5. The molecule has 3 aromatic rings. The molecular formula is C23H27F4N7O2. The molecule has 0 aliphatic carbocycles. The topological polar surface area (TPSA) is 102 Å². The van der Waals surface area contributed by atoms with Crippen molar-refractivity contribution in [3.8, 4) is 5.75 Å². The second kappa shape index (κ2) is 9.02. The lowest BCUT2D eigenvalue weighted by atomic mass is 9.91. The maximum atomic E-state index is 14.4. The smallest absolute Gasteiger partial charge is 0.401 e. The third-order valence-electron chi connectivity index (χ3n) is 7.14. The Hall–Kier alpha value is -3.22. The van der Waals surface area contributed by atoms with Crippen LogP contribution in [-0.4, -0.2) is 80.8 Å². The fourth-order valence-corrected chi connectivity index (χ4v) is 5.27. The quantitative estimate of drug-likeness (QED) is 0.540. The molecule has 2 aliphatic heterocycles. The van der Waals surface area contributed by atoms with E-state index in [1.54, 1.807) is 4.90 Å². The minimum atomic E-state index is -4.29. The summed E-state index contributed by atoms with van der Waals surface area (Å²) in [6, 6.07) is 2.68. The summed E-state index contributed by atoms with van der Waals surface area (Å²) in [5.74, 6) is -0.794. The largest absolute Gasteiger partial charge is 0.494 e. The Morgan fingerprint density at radius 2 is 1.97 bits per heavy atom. The molecule has 4 heterocycles. The van der Waals surface area contributed by atoms with E-state index >= 15 is 0 Å². The maximum Gasteiger partial charge on any atom is 0.401 e. The van der Waals surface area contributed by atoms with Gasteiger partial charge in [0.15, 0.2) is 23.0 Å². The number of piperidine rings is 1. The van der Waals surface area contributed by atoms with Crippen LogP contribution in [0.5, 0.6) is 5.75 Å². The van der Waals surface area contributed by atoms with E-state index in [4.69, 9.17) is 10.5 Å². The molecule has 2 N–H and O–H groups in total. The van der Waals surface area contributed by atoms with Crippen molar-refractivity contribution in [3.63, 3.8) is 0 Å². The van der Waals surface area contributed by atoms with Gasteiger partial charge in [-0.15, -0.1) is 5.10 Å². The van der Waals surface area contributed by atoms with Crippen molar-refractivity contribution >= 4 is 28.4 Å². The predicted octanol–water partition coefficient (Wildman–Crippen LogP) is 2.99. The summed E-state index contributed by atoms with van der Waals surface area (Å²) < 4.78 is 59.1. The molecule has 1 aromatic carbocycles. The number of rotatable bonds is 4. The molecule has 2 aromatic heterocycles. The number of nitrogens with zero attached hydrogens (tertiary/aromatic N) is 6. The molecule has 13 heteroatoms. The first-order valence-electron chi connectivity index (χ1n) is 11.8.